The van der Waals surface area contributed by atoms with Crippen LogP contribution in [0.5, 0.6) is 0 Å². The standard InChI is InChI=1S/C14H22N2O2/c1-4-15-13(14(17)18)10-16(5-2)12-8-6-7-11(3)9-12/h6-9,13,15H,4-5,10H2,1-3H3,(H,17,18). The van der Waals surface area contributed by atoms with Crippen molar-refractivity contribution in [2.24, 2.45) is 0 Å². The minimum Gasteiger partial charge on any atom is -0.480 e. The molecule has 4 heteroatoms. The zero-order valence-electron chi connectivity index (χ0n) is 11.3. The van der Waals surface area contributed by atoms with Crippen LogP contribution in [-0.2, 0) is 4.79 Å². The molecule has 1 atom stereocenters. The second-order valence-corrected chi connectivity index (χ2v) is 4.33. The molecule has 0 bridgehead atoms. The summed E-state index contributed by atoms with van der Waals surface area (Å²) in [6.07, 6.45) is 0. The van der Waals surface area contributed by atoms with Gasteiger partial charge in [0.25, 0.3) is 0 Å². The van der Waals surface area contributed by atoms with Crippen LogP contribution in [0.2, 0.25) is 0 Å². The van der Waals surface area contributed by atoms with E-state index in [0.717, 1.165) is 12.2 Å². The molecular formula is C14H22N2O2. The quantitative estimate of drug-likeness (QED) is 0.776. The third kappa shape index (κ3) is 4.04. The van der Waals surface area contributed by atoms with Gasteiger partial charge in [0, 0.05) is 18.8 Å². The van der Waals surface area contributed by atoms with Gasteiger partial charge in [-0.2, -0.15) is 0 Å². The SMILES string of the molecule is CCNC(CN(CC)c1cccc(C)c1)C(=O)O. The number of nitrogens with zero attached hydrogens (tertiary/aromatic N) is 1. The lowest BCUT2D eigenvalue weighted by molar-refractivity contribution is -0.139. The zero-order chi connectivity index (χ0) is 13.5. The first-order valence-corrected chi connectivity index (χ1v) is 6.36. The number of carbonyl (C=O) groups is 1. The van der Waals surface area contributed by atoms with Crippen LogP contribution in [0.4, 0.5) is 5.69 Å². The molecule has 0 heterocycles. The number of hydrogen-bond donors (Lipinski definition) is 2. The van der Waals surface area contributed by atoms with Gasteiger partial charge in [0.15, 0.2) is 0 Å². The van der Waals surface area contributed by atoms with Crippen LogP contribution in [0.25, 0.3) is 0 Å². The molecule has 0 saturated carbocycles. The molecular weight excluding hydrogens is 228 g/mol. The fourth-order valence-corrected chi connectivity index (χ4v) is 1.94. The van der Waals surface area contributed by atoms with Crippen molar-refractivity contribution in [3.63, 3.8) is 0 Å². The molecule has 18 heavy (non-hydrogen) atoms. The predicted molar refractivity (Wildman–Crippen MR) is 74.2 cm³/mol. The summed E-state index contributed by atoms with van der Waals surface area (Å²) < 4.78 is 0. The van der Waals surface area contributed by atoms with Gasteiger partial charge in [0.2, 0.25) is 0 Å². The van der Waals surface area contributed by atoms with E-state index in [1.807, 2.05) is 39.0 Å². The number of rotatable bonds is 7. The zero-order valence-corrected chi connectivity index (χ0v) is 11.3. The molecule has 0 aliphatic heterocycles. The summed E-state index contributed by atoms with van der Waals surface area (Å²) in [5.41, 5.74) is 2.25. The van der Waals surface area contributed by atoms with E-state index in [2.05, 4.69) is 16.3 Å². The molecule has 1 aromatic carbocycles. The van der Waals surface area contributed by atoms with Gasteiger partial charge in [0.1, 0.15) is 6.04 Å². The smallest absolute Gasteiger partial charge is 0.322 e. The van der Waals surface area contributed by atoms with Crippen molar-refractivity contribution in [2.75, 3.05) is 24.5 Å². The van der Waals surface area contributed by atoms with Crippen molar-refractivity contribution < 1.29 is 9.90 Å². The van der Waals surface area contributed by atoms with Gasteiger partial charge in [-0.1, -0.05) is 19.1 Å². The molecule has 4 nitrogen and oxygen atoms in total. The van der Waals surface area contributed by atoms with Crippen molar-refractivity contribution in [2.45, 2.75) is 26.8 Å². The van der Waals surface area contributed by atoms with Gasteiger partial charge in [-0.3, -0.25) is 4.79 Å². The predicted octanol–water partition coefficient (Wildman–Crippen LogP) is 1.88. The number of benzene rings is 1. The van der Waals surface area contributed by atoms with Gasteiger partial charge in [-0.25, -0.2) is 0 Å². The number of hydrogen-bond acceptors (Lipinski definition) is 3. The van der Waals surface area contributed by atoms with E-state index in [0.29, 0.717) is 13.1 Å². The highest BCUT2D eigenvalue weighted by Crippen LogP contribution is 2.15. The maximum atomic E-state index is 11.1. The number of likely N-dealkylation sites (N-methyl/N-ethyl adjacent to an activating group) is 2. The Morgan fingerprint density at radius 2 is 2.17 bits per heavy atom. The summed E-state index contributed by atoms with van der Waals surface area (Å²) in [5, 5.41) is 12.2. The van der Waals surface area contributed by atoms with E-state index < -0.39 is 12.0 Å². The Hall–Kier alpha value is -1.55. The Morgan fingerprint density at radius 3 is 2.67 bits per heavy atom. The normalized spacial score (nSPS) is 12.2. The minimum atomic E-state index is -0.803. The van der Waals surface area contributed by atoms with Gasteiger partial charge in [-0.15, -0.1) is 0 Å². The van der Waals surface area contributed by atoms with Crippen LogP contribution in [0.1, 0.15) is 19.4 Å². The molecule has 1 unspecified atom stereocenters. The van der Waals surface area contributed by atoms with Crippen molar-refractivity contribution in [1.82, 2.24) is 5.32 Å². The van der Waals surface area contributed by atoms with Gasteiger partial charge in [-0.05, 0) is 38.1 Å². The lowest BCUT2D eigenvalue weighted by Crippen LogP contribution is -2.46. The summed E-state index contributed by atoms with van der Waals surface area (Å²) in [6.45, 7) is 7.91. The second kappa shape index (κ2) is 7.01. The van der Waals surface area contributed by atoms with E-state index in [-0.39, 0.29) is 0 Å². The van der Waals surface area contributed by atoms with Crippen molar-refractivity contribution in [3.05, 3.63) is 29.8 Å². The summed E-state index contributed by atoms with van der Waals surface area (Å²) in [7, 11) is 0. The van der Waals surface area contributed by atoms with Crippen LogP contribution in [0.3, 0.4) is 0 Å². The average molecular weight is 250 g/mol. The molecule has 0 aliphatic rings. The van der Waals surface area contributed by atoms with Gasteiger partial charge >= 0.3 is 5.97 Å². The van der Waals surface area contributed by atoms with E-state index in [4.69, 9.17) is 5.11 Å². The second-order valence-electron chi connectivity index (χ2n) is 4.33. The highest BCUT2D eigenvalue weighted by molar-refractivity contribution is 5.74. The Balaban J connectivity index is 2.80. The molecule has 0 amide bonds. The van der Waals surface area contributed by atoms with Crippen LogP contribution >= 0.6 is 0 Å². The maximum Gasteiger partial charge on any atom is 0.322 e. The third-order valence-electron chi connectivity index (χ3n) is 2.90. The summed E-state index contributed by atoms with van der Waals surface area (Å²) >= 11 is 0. The number of nitrogens with one attached hydrogen (secondary N) is 1. The molecule has 0 aromatic heterocycles. The Labute approximate surface area is 109 Å². The molecule has 0 fully saturated rings. The van der Waals surface area contributed by atoms with Crippen molar-refractivity contribution in [1.29, 1.82) is 0 Å². The molecule has 0 radical (unpaired) electrons. The van der Waals surface area contributed by atoms with E-state index in [1.54, 1.807) is 0 Å². The van der Waals surface area contributed by atoms with Crippen molar-refractivity contribution >= 4 is 11.7 Å². The van der Waals surface area contributed by atoms with Crippen molar-refractivity contribution in [3.8, 4) is 0 Å². The Bertz CT molecular complexity index is 393. The maximum absolute atomic E-state index is 11.1. The number of aryl methyl sites for hydroxylation is 1. The monoisotopic (exact) mass is 250 g/mol. The third-order valence-corrected chi connectivity index (χ3v) is 2.90. The highest BCUT2D eigenvalue weighted by Gasteiger charge is 2.19. The van der Waals surface area contributed by atoms with E-state index in [9.17, 15) is 4.79 Å². The Kier molecular flexibility index (Phi) is 5.65. The average Bonchev–Trinajstić information content (AvgIpc) is 2.34. The lowest BCUT2D eigenvalue weighted by Gasteiger charge is -2.27. The van der Waals surface area contributed by atoms with Crippen LogP contribution in [0.15, 0.2) is 24.3 Å². The number of aliphatic carboxylic acids is 1. The molecule has 100 valence electrons. The van der Waals surface area contributed by atoms with Gasteiger partial charge in [0.05, 0.1) is 0 Å². The minimum absolute atomic E-state index is 0.475. The topological polar surface area (TPSA) is 52.6 Å². The van der Waals surface area contributed by atoms with Crippen LogP contribution < -0.4 is 10.2 Å². The first-order valence-electron chi connectivity index (χ1n) is 6.36. The first kappa shape index (κ1) is 14.5. The lowest BCUT2D eigenvalue weighted by atomic mass is 10.2. The van der Waals surface area contributed by atoms with E-state index >= 15 is 0 Å². The molecule has 2 N–H and O–H groups in total. The molecule has 1 aromatic rings. The Morgan fingerprint density at radius 1 is 1.44 bits per heavy atom. The fourth-order valence-electron chi connectivity index (χ4n) is 1.94. The first-order chi connectivity index (χ1) is 8.58. The van der Waals surface area contributed by atoms with Crippen LogP contribution in [0, 0.1) is 6.92 Å². The van der Waals surface area contributed by atoms with Gasteiger partial charge < -0.3 is 15.3 Å². The number of anilines is 1. The summed E-state index contributed by atoms with van der Waals surface area (Å²) in [4.78, 5) is 13.2. The fraction of sp³-hybridized carbons (Fsp3) is 0.500. The van der Waals surface area contributed by atoms with Crippen LogP contribution in [-0.4, -0.2) is 36.8 Å². The largest absolute Gasteiger partial charge is 0.480 e. The highest BCUT2D eigenvalue weighted by atomic mass is 16.4. The summed E-state index contributed by atoms with van der Waals surface area (Å²) in [6, 6.07) is 7.60. The molecule has 0 aliphatic carbocycles. The number of carboxylic acids is 1. The molecule has 0 saturated heterocycles. The molecule has 1 rings (SSSR count). The number of carboxylic acid groups (broad SMARTS) is 1. The molecule has 0 spiro atoms. The van der Waals surface area contributed by atoms with E-state index in [1.165, 1.54) is 5.56 Å². The summed E-state index contributed by atoms with van der Waals surface area (Å²) in [5.74, 6) is -0.803.